The second kappa shape index (κ2) is 3.83. The summed E-state index contributed by atoms with van der Waals surface area (Å²) in [5.74, 6) is 0. The van der Waals surface area contributed by atoms with Gasteiger partial charge in [0.15, 0.2) is 0 Å². The van der Waals surface area contributed by atoms with Gasteiger partial charge in [-0.1, -0.05) is 42.5 Å². The number of aryl methyl sites for hydroxylation is 1. The molecule has 0 heteroatoms. The molecular weight excluding hydrogens is 228 g/mol. The van der Waals surface area contributed by atoms with E-state index in [1.807, 2.05) is 0 Å². The van der Waals surface area contributed by atoms with Crippen molar-refractivity contribution in [1.29, 1.82) is 0 Å². The van der Waals surface area contributed by atoms with Crippen LogP contribution in [0.4, 0.5) is 0 Å². The molecule has 0 aliphatic heterocycles. The van der Waals surface area contributed by atoms with Gasteiger partial charge in [-0.05, 0) is 69.1 Å². The summed E-state index contributed by atoms with van der Waals surface area (Å²) < 4.78 is 0. The Balaban J connectivity index is 2.20. The van der Waals surface area contributed by atoms with Crippen LogP contribution in [0.3, 0.4) is 0 Å². The van der Waals surface area contributed by atoms with Gasteiger partial charge in [0.05, 0.1) is 0 Å². The van der Waals surface area contributed by atoms with Crippen LogP contribution >= 0.6 is 0 Å². The highest BCUT2D eigenvalue weighted by atomic mass is 14.1. The minimum atomic E-state index is 1.31. The molecule has 0 aromatic heterocycles. The lowest BCUT2D eigenvalue weighted by atomic mass is 9.98. The van der Waals surface area contributed by atoms with Crippen LogP contribution in [0.1, 0.15) is 5.56 Å². The van der Waals surface area contributed by atoms with Gasteiger partial charge in [-0.3, -0.25) is 0 Å². The SMILES string of the molecule is Cc1cccc2cc3cc4ccccc4cc3cc12. The molecule has 0 heterocycles. The zero-order chi connectivity index (χ0) is 12.8. The lowest BCUT2D eigenvalue weighted by Crippen LogP contribution is -1.81. The van der Waals surface area contributed by atoms with Crippen LogP contribution in [0.25, 0.3) is 32.3 Å². The molecule has 0 saturated heterocycles. The van der Waals surface area contributed by atoms with Crippen molar-refractivity contribution in [3.8, 4) is 0 Å². The van der Waals surface area contributed by atoms with Crippen LogP contribution in [-0.4, -0.2) is 0 Å². The molecule has 90 valence electrons. The highest BCUT2D eigenvalue weighted by Crippen LogP contribution is 2.28. The quantitative estimate of drug-likeness (QED) is 0.359. The Morgan fingerprint density at radius 1 is 0.526 bits per heavy atom. The van der Waals surface area contributed by atoms with E-state index < -0.39 is 0 Å². The first-order valence-electron chi connectivity index (χ1n) is 6.63. The molecule has 0 aliphatic carbocycles. The van der Waals surface area contributed by atoms with Gasteiger partial charge in [-0.2, -0.15) is 0 Å². The van der Waals surface area contributed by atoms with Crippen LogP contribution in [0.2, 0.25) is 0 Å². The normalized spacial score (nSPS) is 11.4. The largest absolute Gasteiger partial charge is 0.0616 e. The van der Waals surface area contributed by atoms with E-state index in [1.54, 1.807) is 0 Å². The standard InChI is InChI=1S/C19H14/c1-13-5-4-8-16-11-17-9-14-6-2-3-7-15(14)10-18(17)12-19(13)16/h2-12H,1H3. The van der Waals surface area contributed by atoms with E-state index in [-0.39, 0.29) is 0 Å². The van der Waals surface area contributed by atoms with Crippen LogP contribution in [-0.2, 0) is 0 Å². The molecule has 4 aromatic carbocycles. The first kappa shape index (κ1) is 10.6. The number of hydrogen-bond donors (Lipinski definition) is 0. The highest BCUT2D eigenvalue weighted by Gasteiger charge is 2.02. The zero-order valence-electron chi connectivity index (χ0n) is 10.9. The van der Waals surface area contributed by atoms with E-state index in [2.05, 4.69) is 73.7 Å². The lowest BCUT2D eigenvalue weighted by molar-refractivity contribution is 1.54. The maximum Gasteiger partial charge on any atom is -0.0148 e. The monoisotopic (exact) mass is 242 g/mol. The third-order valence-electron chi connectivity index (χ3n) is 3.92. The zero-order valence-corrected chi connectivity index (χ0v) is 10.9. The molecule has 0 fully saturated rings. The molecule has 19 heavy (non-hydrogen) atoms. The molecular formula is C19H14. The van der Waals surface area contributed by atoms with Gasteiger partial charge in [0.1, 0.15) is 0 Å². The summed E-state index contributed by atoms with van der Waals surface area (Å²) in [7, 11) is 0. The van der Waals surface area contributed by atoms with Crippen LogP contribution in [0.5, 0.6) is 0 Å². The first-order valence-corrected chi connectivity index (χ1v) is 6.63. The minimum absolute atomic E-state index is 1.31. The summed E-state index contributed by atoms with van der Waals surface area (Å²) in [5, 5.41) is 7.93. The summed E-state index contributed by atoms with van der Waals surface area (Å²) in [6, 6.07) is 24.2. The van der Waals surface area contributed by atoms with Crippen molar-refractivity contribution in [3.05, 3.63) is 72.3 Å². The molecule has 0 saturated carbocycles. The maximum atomic E-state index is 2.31. The molecule has 0 N–H and O–H groups in total. The first-order chi connectivity index (χ1) is 9.31. The molecule has 0 radical (unpaired) electrons. The summed E-state index contributed by atoms with van der Waals surface area (Å²) in [4.78, 5) is 0. The van der Waals surface area contributed by atoms with E-state index in [9.17, 15) is 0 Å². The van der Waals surface area contributed by atoms with Gasteiger partial charge in [0.2, 0.25) is 0 Å². The highest BCUT2D eigenvalue weighted by molar-refractivity contribution is 6.05. The van der Waals surface area contributed by atoms with Gasteiger partial charge in [0.25, 0.3) is 0 Å². The van der Waals surface area contributed by atoms with Crippen molar-refractivity contribution in [1.82, 2.24) is 0 Å². The Bertz CT molecular complexity index is 917. The van der Waals surface area contributed by atoms with E-state index in [1.165, 1.54) is 37.9 Å². The van der Waals surface area contributed by atoms with E-state index >= 15 is 0 Å². The van der Waals surface area contributed by atoms with Gasteiger partial charge >= 0.3 is 0 Å². The molecule has 0 spiro atoms. The molecule has 0 amide bonds. The van der Waals surface area contributed by atoms with Crippen molar-refractivity contribution in [2.24, 2.45) is 0 Å². The van der Waals surface area contributed by atoms with Gasteiger partial charge < -0.3 is 0 Å². The third-order valence-corrected chi connectivity index (χ3v) is 3.92. The Labute approximate surface area is 112 Å². The van der Waals surface area contributed by atoms with Crippen molar-refractivity contribution < 1.29 is 0 Å². The molecule has 4 aromatic rings. The van der Waals surface area contributed by atoms with Crippen molar-refractivity contribution in [2.75, 3.05) is 0 Å². The summed E-state index contributed by atoms with van der Waals surface area (Å²) in [5.41, 5.74) is 1.34. The Kier molecular flexibility index (Phi) is 2.13. The Morgan fingerprint density at radius 3 is 1.84 bits per heavy atom. The fourth-order valence-corrected chi connectivity index (χ4v) is 2.87. The average molecular weight is 242 g/mol. The Hall–Kier alpha value is -2.34. The van der Waals surface area contributed by atoms with E-state index in [0.717, 1.165) is 0 Å². The van der Waals surface area contributed by atoms with Crippen LogP contribution in [0, 0.1) is 6.92 Å². The van der Waals surface area contributed by atoms with E-state index in [0.29, 0.717) is 0 Å². The second-order valence-corrected chi connectivity index (χ2v) is 5.19. The smallest absolute Gasteiger partial charge is 0.0148 e. The number of benzene rings is 4. The summed E-state index contributed by atoms with van der Waals surface area (Å²) in [6.45, 7) is 2.18. The minimum Gasteiger partial charge on any atom is -0.0616 e. The van der Waals surface area contributed by atoms with Gasteiger partial charge in [-0.25, -0.2) is 0 Å². The summed E-state index contributed by atoms with van der Waals surface area (Å²) >= 11 is 0. The molecule has 0 bridgehead atoms. The average Bonchev–Trinajstić information content (AvgIpc) is 2.44. The number of hydrogen-bond acceptors (Lipinski definition) is 0. The molecule has 4 rings (SSSR count). The molecule has 0 aliphatic rings. The topological polar surface area (TPSA) is 0 Å². The molecule has 0 unspecified atom stereocenters. The predicted molar refractivity (Wildman–Crippen MR) is 83.7 cm³/mol. The second-order valence-electron chi connectivity index (χ2n) is 5.19. The molecule has 0 atom stereocenters. The summed E-state index contributed by atoms with van der Waals surface area (Å²) in [6.07, 6.45) is 0. The third kappa shape index (κ3) is 1.61. The van der Waals surface area contributed by atoms with Crippen molar-refractivity contribution in [3.63, 3.8) is 0 Å². The van der Waals surface area contributed by atoms with Gasteiger partial charge in [-0.15, -0.1) is 0 Å². The van der Waals surface area contributed by atoms with Gasteiger partial charge in [0, 0.05) is 0 Å². The van der Waals surface area contributed by atoms with Crippen LogP contribution in [0.15, 0.2) is 66.7 Å². The lowest BCUT2D eigenvalue weighted by Gasteiger charge is -2.07. The Morgan fingerprint density at radius 2 is 1.11 bits per heavy atom. The van der Waals surface area contributed by atoms with E-state index in [4.69, 9.17) is 0 Å². The fraction of sp³-hybridized carbons (Fsp3) is 0.0526. The number of rotatable bonds is 0. The predicted octanol–water partition coefficient (Wildman–Crippen LogP) is 5.45. The van der Waals surface area contributed by atoms with Crippen molar-refractivity contribution >= 4 is 32.3 Å². The maximum absolute atomic E-state index is 2.31. The van der Waals surface area contributed by atoms with Crippen molar-refractivity contribution in [2.45, 2.75) is 6.92 Å². The fourth-order valence-electron chi connectivity index (χ4n) is 2.87. The molecule has 0 nitrogen and oxygen atoms in total. The number of fused-ring (bicyclic) bond motifs is 3. The van der Waals surface area contributed by atoms with Crippen LogP contribution < -0.4 is 0 Å².